The number of likely N-dealkylation sites (tertiary alicyclic amines) is 1. The zero-order valence-corrected chi connectivity index (χ0v) is 13.9. The van der Waals surface area contributed by atoms with E-state index >= 15 is 0 Å². The van der Waals surface area contributed by atoms with Crippen LogP contribution in [0.3, 0.4) is 0 Å². The second kappa shape index (κ2) is 5.84. The molecule has 1 saturated carbocycles. The molecule has 3 rings (SSSR count). The van der Waals surface area contributed by atoms with Gasteiger partial charge in [0.2, 0.25) is 0 Å². The number of carbonyl (C=O) groups excluding carboxylic acids is 2. The third kappa shape index (κ3) is 3.63. The predicted molar refractivity (Wildman–Crippen MR) is 88.2 cm³/mol. The fourth-order valence-corrected chi connectivity index (χ4v) is 3.23. The van der Waals surface area contributed by atoms with E-state index in [1.165, 1.54) is 0 Å². The molecule has 1 heterocycles. The van der Waals surface area contributed by atoms with E-state index in [1.54, 1.807) is 11.0 Å². The van der Waals surface area contributed by atoms with Crippen LogP contribution in [-0.2, 0) is 4.74 Å². The number of nitrogens with zero attached hydrogens (tertiary/aromatic N) is 1. The molecule has 23 heavy (non-hydrogen) atoms. The summed E-state index contributed by atoms with van der Waals surface area (Å²) in [7, 11) is 0. The quantitative estimate of drug-likeness (QED) is 0.633. The van der Waals surface area contributed by atoms with Gasteiger partial charge in [0.1, 0.15) is 5.60 Å². The first kappa shape index (κ1) is 15.8. The average Bonchev–Trinajstić information content (AvgIpc) is 2.93. The molecule has 0 N–H and O–H groups in total. The molecule has 4 nitrogen and oxygen atoms in total. The molecule has 1 aromatic carbocycles. The molecule has 1 aliphatic heterocycles. The summed E-state index contributed by atoms with van der Waals surface area (Å²) >= 11 is 0. The third-order valence-corrected chi connectivity index (χ3v) is 4.44. The fourth-order valence-electron chi connectivity index (χ4n) is 3.23. The van der Waals surface area contributed by atoms with Gasteiger partial charge in [0.05, 0.1) is 0 Å². The van der Waals surface area contributed by atoms with Crippen molar-refractivity contribution in [1.82, 2.24) is 4.90 Å². The van der Waals surface area contributed by atoms with Crippen molar-refractivity contribution in [3.8, 4) is 0 Å². The largest absolute Gasteiger partial charge is 0.444 e. The molecule has 0 bridgehead atoms. The zero-order chi connectivity index (χ0) is 16.6. The molecule has 0 aromatic heterocycles. The summed E-state index contributed by atoms with van der Waals surface area (Å²) in [6.07, 6.45) is 3.46. The lowest BCUT2D eigenvalue weighted by Gasteiger charge is -2.25. The summed E-state index contributed by atoms with van der Waals surface area (Å²) in [5, 5.41) is 0. The Hall–Kier alpha value is -2.10. The minimum Gasteiger partial charge on any atom is -0.444 e. The first-order valence-electron chi connectivity index (χ1n) is 8.11. The minimum absolute atomic E-state index is 0.0413. The number of ether oxygens (including phenoxy) is 1. The molecular weight excluding hydrogens is 290 g/mol. The summed E-state index contributed by atoms with van der Waals surface area (Å²) < 4.78 is 5.40. The number of rotatable bonds is 3. The van der Waals surface area contributed by atoms with Gasteiger partial charge in [-0.3, -0.25) is 4.79 Å². The first-order valence-corrected chi connectivity index (χ1v) is 8.11. The van der Waals surface area contributed by atoms with Crippen LogP contribution in [0.25, 0.3) is 0 Å². The Bertz CT molecular complexity index is 618. The van der Waals surface area contributed by atoms with Gasteiger partial charge in [0, 0.05) is 18.7 Å². The first-order chi connectivity index (χ1) is 10.8. The van der Waals surface area contributed by atoms with Crippen molar-refractivity contribution in [1.29, 1.82) is 0 Å². The highest BCUT2D eigenvalue weighted by Gasteiger charge is 2.55. The van der Waals surface area contributed by atoms with Crippen LogP contribution < -0.4 is 0 Å². The van der Waals surface area contributed by atoms with Crippen LogP contribution in [-0.4, -0.2) is 35.5 Å². The number of carbonyl (C=O) groups is 2. The Balaban J connectivity index is 1.50. The highest BCUT2D eigenvalue weighted by molar-refractivity contribution is 6.04. The summed E-state index contributed by atoms with van der Waals surface area (Å²) in [5.41, 5.74) is 0.260. The molecular formula is C19H23NO3. The van der Waals surface area contributed by atoms with Crippen molar-refractivity contribution < 1.29 is 14.3 Å². The molecule has 1 aliphatic carbocycles. The van der Waals surface area contributed by atoms with E-state index in [1.807, 2.05) is 57.2 Å². The van der Waals surface area contributed by atoms with Gasteiger partial charge in [-0.1, -0.05) is 36.4 Å². The number of hydrogen-bond acceptors (Lipinski definition) is 3. The van der Waals surface area contributed by atoms with Crippen LogP contribution in [0, 0.1) is 17.8 Å². The number of ketones is 1. The van der Waals surface area contributed by atoms with Crippen molar-refractivity contribution in [2.24, 2.45) is 17.8 Å². The molecule has 0 spiro atoms. The molecule has 1 amide bonds. The van der Waals surface area contributed by atoms with Gasteiger partial charge >= 0.3 is 6.09 Å². The standard InChI is InChI=1S/C19H23NO3/c1-19(2,3)23-18(22)20-11-15-14(16(15)12-20)9-10-17(21)13-7-5-4-6-8-13/h4-10,14-16H,11-12H2,1-3H3. The molecule has 2 unspecified atom stereocenters. The number of piperidine rings is 1. The lowest BCUT2D eigenvalue weighted by Crippen LogP contribution is -2.36. The number of fused-ring (bicyclic) bond motifs is 1. The van der Waals surface area contributed by atoms with Gasteiger partial charge in [-0.2, -0.15) is 0 Å². The maximum Gasteiger partial charge on any atom is 0.410 e. The Labute approximate surface area is 137 Å². The summed E-state index contributed by atoms with van der Waals surface area (Å²) in [6, 6.07) is 9.28. The highest BCUT2D eigenvalue weighted by atomic mass is 16.6. The fraction of sp³-hybridized carbons (Fsp3) is 0.474. The van der Waals surface area contributed by atoms with Gasteiger partial charge < -0.3 is 9.64 Å². The molecule has 1 aromatic rings. The normalized spacial score (nSPS) is 26.2. The van der Waals surface area contributed by atoms with Gasteiger partial charge in [0.25, 0.3) is 0 Å². The summed E-state index contributed by atoms with van der Waals surface area (Å²) in [6.45, 7) is 7.09. The zero-order valence-electron chi connectivity index (χ0n) is 13.9. The van der Waals surface area contributed by atoms with E-state index in [4.69, 9.17) is 4.74 Å². The maximum atomic E-state index is 12.1. The number of benzene rings is 1. The van der Waals surface area contributed by atoms with Gasteiger partial charge in [0.15, 0.2) is 5.78 Å². The van der Waals surface area contributed by atoms with E-state index in [9.17, 15) is 9.59 Å². The smallest absolute Gasteiger partial charge is 0.410 e. The van der Waals surface area contributed by atoms with Crippen molar-refractivity contribution >= 4 is 11.9 Å². The Morgan fingerprint density at radius 2 is 1.74 bits per heavy atom. The Kier molecular flexibility index (Phi) is 4.00. The van der Waals surface area contributed by atoms with Crippen molar-refractivity contribution in [2.45, 2.75) is 26.4 Å². The lowest BCUT2D eigenvalue weighted by atomic mass is 10.1. The second-order valence-corrected chi connectivity index (χ2v) is 7.38. The number of hydrogen-bond donors (Lipinski definition) is 0. The molecule has 122 valence electrons. The van der Waals surface area contributed by atoms with E-state index in [0.717, 1.165) is 13.1 Å². The van der Waals surface area contributed by atoms with Gasteiger partial charge in [-0.25, -0.2) is 4.79 Å². The highest BCUT2D eigenvalue weighted by Crippen LogP contribution is 2.52. The summed E-state index contributed by atoms with van der Waals surface area (Å²) in [4.78, 5) is 25.9. The van der Waals surface area contributed by atoms with Crippen LogP contribution in [0.1, 0.15) is 31.1 Å². The van der Waals surface area contributed by atoms with Crippen LogP contribution in [0.4, 0.5) is 4.79 Å². The van der Waals surface area contributed by atoms with Crippen molar-refractivity contribution in [3.63, 3.8) is 0 Å². The molecule has 0 radical (unpaired) electrons. The van der Waals surface area contributed by atoms with Crippen LogP contribution >= 0.6 is 0 Å². The summed E-state index contributed by atoms with van der Waals surface area (Å²) in [5.74, 6) is 1.41. The molecule has 4 heteroatoms. The minimum atomic E-state index is -0.453. The molecule has 2 atom stereocenters. The molecule has 1 saturated heterocycles. The Morgan fingerprint density at radius 1 is 1.13 bits per heavy atom. The number of amides is 1. The van der Waals surface area contributed by atoms with Crippen LogP contribution in [0.2, 0.25) is 0 Å². The topological polar surface area (TPSA) is 46.6 Å². The van der Waals surface area contributed by atoms with E-state index < -0.39 is 5.60 Å². The maximum absolute atomic E-state index is 12.1. The van der Waals surface area contributed by atoms with Crippen molar-refractivity contribution in [2.75, 3.05) is 13.1 Å². The van der Waals surface area contributed by atoms with E-state index in [2.05, 4.69) is 0 Å². The van der Waals surface area contributed by atoms with Gasteiger partial charge in [-0.05, 0) is 44.6 Å². The Morgan fingerprint density at radius 3 is 2.30 bits per heavy atom. The second-order valence-electron chi connectivity index (χ2n) is 7.38. The molecule has 2 aliphatic rings. The molecule has 2 fully saturated rings. The SMILES string of the molecule is CC(C)(C)OC(=O)N1CC2C(C=CC(=O)c3ccccc3)C2C1. The van der Waals surface area contributed by atoms with Crippen LogP contribution in [0.15, 0.2) is 42.5 Å². The van der Waals surface area contributed by atoms with E-state index in [-0.39, 0.29) is 11.9 Å². The monoisotopic (exact) mass is 313 g/mol. The third-order valence-electron chi connectivity index (χ3n) is 4.44. The lowest BCUT2D eigenvalue weighted by molar-refractivity contribution is 0.0269. The predicted octanol–water partition coefficient (Wildman–Crippen LogP) is 3.54. The van der Waals surface area contributed by atoms with E-state index in [0.29, 0.717) is 23.3 Å². The van der Waals surface area contributed by atoms with Crippen LogP contribution in [0.5, 0.6) is 0 Å². The van der Waals surface area contributed by atoms with Gasteiger partial charge in [-0.15, -0.1) is 0 Å². The average molecular weight is 313 g/mol. The van der Waals surface area contributed by atoms with Crippen molar-refractivity contribution in [3.05, 3.63) is 48.0 Å². The number of allylic oxidation sites excluding steroid dienone is 2.